The highest BCUT2D eigenvalue weighted by atomic mass is 79.9. The van der Waals surface area contributed by atoms with Gasteiger partial charge in [0.1, 0.15) is 0 Å². The second-order valence-corrected chi connectivity index (χ2v) is 5.54. The fourth-order valence-corrected chi connectivity index (χ4v) is 2.40. The molecule has 0 unspecified atom stereocenters. The molecule has 5 heteroatoms. The number of benzene rings is 1. The maximum absolute atomic E-state index is 11.7. The highest BCUT2D eigenvalue weighted by Gasteiger charge is 2.29. The zero-order valence-electron chi connectivity index (χ0n) is 10.9. The fraction of sp³-hybridized carbons (Fsp3) is 0.429. The van der Waals surface area contributed by atoms with Crippen LogP contribution in [0, 0.1) is 5.92 Å². The summed E-state index contributed by atoms with van der Waals surface area (Å²) in [5.74, 6) is 0.275. The Kier molecular flexibility index (Phi) is 4.58. The quantitative estimate of drug-likeness (QED) is 0.903. The molecule has 1 N–H and O–H groups in total. The van der Waals surface area contributed by atoms with Crippen molar-refractivity contribution in [3.63, 3.8) is 0 Å². The largest absolute Gasteiger partial charge is 0.354 e. The van der Waals surface area contributed by atoms with Crippen LogP contribution >= 0.6 is 15.9 Å². The Morgan fingerprint density at radius 3 is 2.63 bits per heavy atom. The van der Waals surface area contributed by atoms with E-state index in [9.17, 15) is 9.59 Å². The molecular weight excluding hydrogens is 308 g/mol. The van der Waals surface area contributed by atoms with Crippen molar-refractivity contribution in [1.29, 1.82) is 0 Å². The lowest BCUT2D eigenvalue weighted by Gasteiger charge is -2.22. The van der Waals surface area contributed by atoms with Gasteiger partial charge in [-0.05, 0) is 40.9 Å². The average Bonchev–Trinajstić information content (AvgIpc) is 3.19. The van der Waals surface area contributed by atoms with Crippen LogP contribution in [0.1, 0.15) is 19.8 Å². The van der Waals surface area contributed by atoms with Gasteiger partial charge < -0.3 is 10.2 Å². The summed E-state index contributed by atoms with van der Waals surface area (Å²) in [6.45, 7) is 2.49. The monoisotopic (exact) mass is 324 g/mol. The zero-order chi connectivity index (χ0) is 13.8. The van der Waals surface area contributed by atoms with E-state index in [-0.39, 0.29) is 17.7 Å². The van der Waals surface area contributed by atoms with Gasteiger partial charge in [-0.2, -0.15) is 0 Å². The molecule has 1 aromatic rings. The third-order valence-corrected chi connectivity index (χ3v) is 3.78. The van der Waals surface area contributed by atoms with E-state index >= 15 is 0 Å². The van der Waals surface area contributed by atoms with Crippen molar-refractivity contribution in [3.05, 3.63) is 28.7 Å². The van der Waals surface area contributed by atoms with E-state index in [1.807, 2.05) is 24.3 Å². The molecule has 102 valence electrons. The van der Waals surface area contributed by atoms with Crippen LogP contribution in [-0.4, -0.2) is 24.9 Å². The molecule has 1 aliphatic rings. The molecule has 0 spiro atoms. The third kappa shape index (κ3) is 3.80. The van der Waals surface area contributed by atoms with Crippen LogP contribution in [0.4, 0.5) is 5.69 Å². The van der Waals surface area contributed by atoms with Crippen LogP contribution < -0.4 is 10.2 Å². The maximum atomic E-state index is 11.7. The minimum atomic E-state index is -0.0347. The van der Waals surface area contributed by atoms with Crippen LogP contribution in [0.2, 0.25) is 0 Å². The topological polar surface area (TPSA) is 49.4 Å². The van der Waals surface area contributed by atoms with E-state index in [0.717, 1.165) is 23.0 Å². The van der Waals surface area contributed by atoms with Crippen LogP contribution in [-0.2, 0) is 9.59 Å². The van der Waals surface area contributed by atoms with Crippen molar-refractivity contribution < 1.29 is 9.59 Å². The SMILES string of the molecule is CC(=O)N(CCNC(=O)C1CC1)c1ccccc1Br. The number of anilines is 1. The Morgan fingerprint density at radius 2 is 2.05 bits per heavy atom. The minimum Gasteiger partial charge on any atom is -0.354 e. The van der Waals surface area contributed by atoms with Gasteiger partial charge in [0.15, 0.2) is 0 Å². The highest BCUT2D eigenvalue weighted by Crippen LogP contribution is 2.29. The first-order valence-corrected chi connectivity index (χ1v) is 7.19. The predicted octanol–water partition coefficient (Wildman–Crippen LogP) is 2.33. The normalized spacial score (nSPS) is 14.0. The summed E-state index contributed by atoms with van der Waals surface area (Å²) < 4.78 is 0.874. The van der Waals surface area contributed by atoms with Crippen LogP contribution in [0.25, 0.3) is 0 Å². The van der Waals surface area contributed by atoms with Gasteiger partial charge in [0.25, 0.3) is 0 Å². The second-order valence-electron chi connectivity index (χ2n) is 4.69. The molecule has 1 saturated carbocycles. The summed E-state index contributed by atoms with van der Waals surface area (Å²) in [6, 6.07) is 7.57. The lowest BCUT2D eigenvalue weighted by molar-refractivity contribution is -0.122. The summed E-state index contributed by atoms with van der Waals surface area (Å²) >= 11 is 3.44. The van der Waals surface area contributed by atoms with Gasteiger partial charge in [0.05, 0.1) is 5.69 Å². The maximum Gasteiger partial charge on any atom is 0.223 e. The van der Waals surface area contributed by atoms with E-state index in [4.69, 9.17) is 0 Å². The van der Waals surface area contributed by atoms with Crippen LogP contribution in [0.3, 0.4) is 0 Å². The molecule has 0 saturated heterocycles. The lowest BCUT2D eigenvalue weighted by atomic mass is 10.3. The number of carbonyl (C=O) groups excluding carboxylic acids is 2. The standard InChI is InChI=1S/C14H17BrN2O2/c1-10(18)17(13-5-3-2-4-12(13)15)9-8-16-14(19)11-6-7-11/h2-5,11H,6-9H2,1H3,(H,16,19). The number of amides is 2. The molecule has 1 aromatic carbocycles. The Bertz CT molecular complexity index is 486. The molecule has 1 fully saturated rings. The number of nitrogens with one attached hydrogen (secondary N) is 1. The number of rotatable bonds is 5. The van der Waals surface area contributed by atoms with Crippen molar-refractivity contribution in [3.8, 4) is 0 Å². The number of hydrogen-bond acceptors (Lipinski definition) is 2. The number of nitrogens with zero attached hydrogens (tertiary/aromatic N) is 1. The van der Waals surface area contributed by atoms with Crippen molar-refractivity contribution in [1.82, 2.24) is 5.32 Å². The van der Waals surface area contributed by atoms with E-state index in [1.54, 1.807) is 4.90 Å². The number of halogens is 1. The fourth-order valence-electron chi connectivity index (χ4n) is 1.90. The zero-order valence-corrected chi connectivity index (χ0v) is 12.4. The molecule has 4 nitrogen and oxygen atoms in total. The van der Waals surface area contributed by atoms with Crippen molar-refractivity contribution >= 4 is 33.4 Å². The molecule has 1 aliphatic carbocycles. The van der Waals surface area contributed by atoms with Gasteiger partial charge in [-0.25, -0.2) is 0 Å². The van der Waals surface area contributed by atoms with Crippen molar-refractivity contribution in [2.24, 2.45) is 5.92 Å². The van der Waals surface area contributed by atoms with Gasteiger partial charge in [0, 0.05) is 30.4 Å². The highest BCUT2D eigenvalue weighted by molar-refractivity contribution is 9.10. The summed E-state index contributed by atoms with van der Waals surface area (Å²) in [7, 11) is 0. The summed E-state index contributed by atoms with van der Waals surface area (Å²) in [5, 5.41) is 2.87. The van der Waals surface area contributed by atoms with Crippen LogP contribution in [0.5, 0.6) is 0 Å². The number of hydrogen-bond donors (Lipinski definition) is 1. The lowest BCUT2D eigenvalue weighted by Crippen LogP contribution is -2.38. The second kappa shape index (κ2) is 6.19. The number of carbonyl (C=O) groups is 2. The van der Waals surface area contributed by atoms with E-state index < -0.39 is 0 Å². The number of para-hydroxylation sites is 1. The molecule has 2 amide bonds. The van der Waals surface area contributed by atoms with E-state index in [0.29, 0.717) is 13.1 Å². The van der Waals surface area contributed by atoms with Crippen molar-refractivity contribution in [2.75, 3.05) is 18.0 Å². The van der Waals surface area contributed by atoms with Gasteiger partial charge in [-0.15, -0.1) is 0 Å². The molecular formula is C14H17BrN2O2. The van der Waals surface area contributed by atoms with Gasteiger partial charge >= 0.3 is 0 Å². The first-order chi connectivity index (χ1) is 9.09. The Morgan fingerprint density at radius 1 is 1.37 bits per heavy atom. The van der Waals surface area contributed by atoms with Gasteiger partial charge in [-0.1, -0.05) is 12.1 Å². The Balaban J connectivity index is 1.94. The molecule has 19 heavy (non-hydrogen) atoms. The predicted molar refractivity (Wildman–Crippen MR) is 77.9 cm³/mol. The van der Waals surface area contributed by atoms with E-state index in [2.05, 4.69) is 21.2 Å². The molecule has 0 radical (unpaired) electrons. The third-order valence-electron chi connectivity index (χ3n) is 3.11. The van der Waals surface area contributed by atoms with Gasteiger partial charge in [-0.3, -0.25) is 9.59 Å². The molecule has 0 heterocycles. The summed E-state index contributed by atoms with van der Waals surface area (Å²) in [6.07, 6.45) is 1.99. The molecule has 0 aliphatic heterocycles. The molecule has 2 rings (SSSR count). The summed E-state index contributed by atoms with van der Waals surface area (Å²) in [5.41, 5.74) is 0.829. The summed E-state index contributed by atoms with van der Waals surface area (Å²) in [4.78, 5) is 24.9. The smallest absolute Gasteiger partial charge is 0.223 e. The Hall–Kier alpha value is -1.36. The average molecular weight is 325 g/mol. The molecule has 0 bridgehead atoms. The first-order valence-electron chi connectivity index (χ1n) is 6.40. The Labute approximate surface area is 121 Å². The van der Waals surface area contributed by atoms with Crippen molar-refractivity contribution in [2.45, 2.75) is 19.8 Å². The molecule has 0 atom stereocenters. The van der Waals surface area contributed by atoms with Gasteiger partial charge in [0.2, 0.25) is 11.8 Å². The van der Waals surface area contributed by atoms with Crippen LogP contribution in [0.15, 0.2) is 28.7 Å². The minimum absolute atomic E-state index is 0.0347. The molecule has 0 aromatic heterocycles. The van der Waals surface area contributed by atoms with E-state index in [1.165, 1.54) is 6.92 Å². The first kappa shape index (κ1) is 14.1.